The van der Waals surface area contributed by atoms with Crippen LogP contribution >= 0.6 is 0 Å². The van der Waals surface area contributed by atoms with Crippen LogP contribution in [0, 0.1) is 27.7 Å². The Morgan fingerprint density at radius 3 is 2.32 bits per heavy atom. The lowest BCUT2D eigenvalue weighted by Gasteiger charge is -2.14. The third-order valence-electron chi connectivity index (χ3n) is 3.64. The van der Waals surface area contributed by atoms with Gasteiger partial charge in [-0.1, -0.05) is 23.8 Å². The number of anilines is 2. The third kappa shape index (κ3) is 3.08. The molecule has 0 spiro atoms. The van der Waals surface area contributed by atoms with E-state index in [0.717, 1.165) is 17.9 Å². The van der Waals surface area contributed by atoms with Crippen molar-refractivity contribution in [2.24, 2.45) is 0 Å². The molecule has 19 heavy (non-hydrogen) atoms. The summed E-state index contributed by atoms with van der Waals surface area (Å²) in [6.45, 7) is 9.26. The molecule has 0 unspecified atom stereocenters. The van der Waals surface area contributed by atoms with Crippen molar-refractivity contribution in [3.8, 4) is 0 Å². The van der Waals surface area contributed by atoms with Crippen LogP contribution in [0.2, 0.25) is 0 Å². The van der Waals surface area contributed by atoms with E-state index in [1.807, 2.05) is 6.07 Å². The predicted molar refractivity (Wildman–Crippen MR) is 83.6 cm³/mol. The van der Waals surface area contributed by atoms with E-state index in [0.29, 0.717) is 0 Å². The van der Waals surface area contributed by atoms with Crippen molar-refractivity contribution < 1.29 is 0 Å². The molecule has 0 aliphatic rings. The number of aryl methyl sites for hydroxylation is 4. The van der Waals surface area contributed by atoms with Crippen LogP contribution in [0.3, 0.4) is 0 Å². The Labute approximate surface area is 115 Å². The molecule has 0 heterocycles. The van der Waals surface area contributed by atoms with Crippen LogP contribution in [-0.4, -0.2) is 0 Å². The van der Waals surface area contributed by atoms with Crippen LogP contribution in [0.15, 0.2) is 30.3 Å². The molecule has 0 atom stereocenters. The van der Waals surface area contributed by atoms with Crippen LogP contribution in [0.5, 0.6) is 0 Å². The normalized spacial score (nSPS) is 10.5. The lowest BCUT2D eigenvalue weighted by Crippen LogP contribution is -2.05. The first-order valence-electron chi connectivity index (χ1n) is 6.64. The molecule has 2 aromatic carbocycles. The Morgan fingerprint density at radius 2 is 1.58 bits per heavy atom. The molecule has 0 aliphatic heterocycles. The Hall–Kier alpha value is -1.96. The molecule has 2 heteroatoms. The minimum atomic E-state index is 0.806. The summed E-state index contributed by atoms with van der Waals surface area (Å²) in [7, 11) is 0. The fourth-order valence-corrected chi connectivity index (χ4v) is 2.17. The van der Waals surface area contributed by atoms with E-state index in [4.69, 9.17) is 5.73 Å². The van der Waals surface area contributed by atoms with Crippen LogP contribution < -0.4 is 11.1 Å². The monoisotopic (exact) mass is 254 g/mol. The molecule has 0 bridgehead atoms. The fraction of sp³-hybridized carbons (Fsp3) is 0.294. The number of nitrogen functional groups attached to an aromatic ring is 1. The number of hydrogen-bond acceptors (Lipinski definition) is 2. The minimum absolute atomic E-state index is 0.806. The summed E-state index contributed by atoms with van der Waals surface area (Å²) in [6, 6.07) is 10.7. The van der Waals surface area contributed by atoms with Gasteiger partial charge >= 0.3 is 0 Å². The maximum atomic E-state index is 6.06. The SMILES string of the molecule is Cc1ccc(C)c(CNc2cc(C)c(C)cc2N)c1. The van der Waals surface area contributed by atoms with Crippen molar-refractivity contribution in [3.63, 3.8) is 0 Å². The van der Waals surface area contributed by atoms with Gasteiger partial charge in [-0.25, -0.2) is 0 Å². The molecule has 0 saturated heterocycles. The van der Waals surface area contributed by atoms with E-state index in [1.165, 1.54) is 27.8 Å². The second-order valence-electron chi connectivity index (χ2n) is 5.31. The number of hydrogen-bond donors (Lipinski definition) is 2. The van der Waals surface area contributed by atoms with E-state index in [2.05, 4.69) is 57.3 Å². The Bertz CT molecular complexity index is 600. The molecule has 2 rings (SSSR count). The quantitative estimate of drug-likeness (QED) is 0.809. The van der Waals surface area contributed by atoms with Crippen LogP contribution in [0.25, 0.3) is 0 Å². The highest BCUT2D eigenvalue weighted by Crippen LogP contribution is 2.24. The molecular weight excluding hydrogens is 232 g/mol. The van der Waals surface area contributed by atoms with Gasteiger partial charge in [0.1, 0.15) is 0 Å². The second kappa shape index (κ2) is 5.35. The predicted octanol–water partition coefficient (Wildman–Crippen LogP) is 4.11. The standard InChI is InChI=1S/C17H22N2/c1-11-5-6-12(2)15(7-11)10-19-17-9-14(4)13(3)8-16(17)18/h5-9,19H,10,18H2,1-4H3. The Balaban J connectivity index is 2.19. The Kier molecular flexibility index (Phi) is 3.79. The van der Waals surface area contributed by atoms with Gasteiger partial charge in [-0.2, -0.15) is 0 Å². The van der Waals surface area contributed by atoms with Crippen molar-refractivity contribution in [3.05, 3.63) is 58.1 Å². The second-order valence-corrected chi connectivity index (χ2v) is 5.31. The minimum Gasteiger partial charge on any atom is -0.397 e. The first kappa shape index (κ1) is 13.5. The number of nitrogens with two attached hydrogens (primary N) is 1. The molecule has 2 nitrogen and oxygen atoms in total. The maximum absolute atomic E-state index is 6.06. The van der Waals surface area contributed by atoms with Crippen molar-refractivity contribution in [2.75, 3.05) is 11.1 Å². The van der Waals surface area contributed by atoms with Crippen molar-refractivity contribution in [1.82, 2.24) is 0 Å². The zero-order chi connectivity index (χ0) is 14.0. The van der Waals surface area contributed by atoms with E-state index in [9.17, 15) is 0 Å². The van der Waals surface area contributed by atoms with Gasteiger partial charge in [-0.05, 0) is 62.1 Å². The molecule has 0 saturated carbocycles. The molecule has 0 aromatic heterocycles. The number of nitrogens with one attached hydrogen (secondary N) is 1. The molecule has 2 aromatic rings. The number of rotatable bonds is 3. The van der Waals surface area contributed by atoms with Crippen molar-refractivity contribution in [2.45, 2.75) is 34.2 Å². The van der Waals surface area contributed by atoms with Crippen LogP contribution in [0.4, 0.5) is 11.4 Å². The average molecular weight is 254 g/mol. The van der Waals surface area contributed by atoms with Gasteiger partial charge < -0.3 is 11.1 Å². The van der Waals surface area contributed by atoms with Crippen molar-refractivity contribution >= 4 is 11.4 Å². The summed E-state index contributed by atoms with van der Waals surface area (Å²) < 4.78 is 0. The van der Waals surface area contributed by atoms with Gasteiger partial charge in [-0.15, -0.1) is 0 Å². The third-order valence-corrected chi connectivity index (χ3v) is 3.64. The lowest BCUT2D eigenvalue weighted by atomic mass is 10.0. The average Bonchev–Trinajstić information content (AvgIpc) is 2.36. The first-order valence-corrected chi connectivity index (χ1v) is 6.64. The van der Waals surface area contributed by atoms with Gasteiger partial charge in [0.25, 0.3) is 0 Å². The van der Waals surface area contributed by atoms with E-state index in [-0.39, 0.29) is 0 Å². The largest absolute Gasteiger partial charge is 0.397 e. The van der Waals surface area contributed by atoms with Gasteiger partial charge in [0.15, 0.2) is 0 Å². The molecular formula is C17H22N2. The first-order chi connectivity index (χ1) is 8.97. The molecule has 100 valence electrons. The lowest BCUT2D eigenvalue weighted by molar-refractivity contribution is 1.11. The van der Waals surface area contributed by atoms with Crippen LogP contribution in [0.1, 0.15) is 27.8 Å². The molecule has 0 fully saturated rings. The van der Waals surface area contributed by atoms with Crippen LogP contribution in [-0.2, 0) is 6.54 Å². The summed E-state index contributed by atoms with van der Waals surface area (Å²) in [5, 5.41) is 3.44. The molecule has 3 N–H and O–H groups in total. The van der Waals surface area contributed by atoms with E-state index < -0.39 is 0 Å². The highest BCUT2D eigenvalue weighted by Gasteiger charge is 2.04. The van der Waals surface area contributed by atoms with E-state index in [1.54, 1.807) is 0 Å². The van der Waals surface area contributed by atoms with Crippen molar-refractivity contribution in [1.29, 1.82) is 0 Å². The smallest absolute Gasteiger partial charge is 0.0579 e. The van der Waals surface area contributed by atoms with E-state index >= 15 is 0 Å². The zero-order valence-corrected chi connectivity index (χ0v) is 12.2. The molecule has 0 aliphatic carbocycles. The van der Waals surface area contributed by atoms with Gasteiger partial charge in [0, 0.05) is 6.54 Å². The summed E-state index contributed by atoms with van der Waals surface area (Å²) in [5.74, 6) is 0. The summed E-state index contributed by atoms with van der Waals surface area (Å²) in [5.41, 5.74) is 14.3. The fourth-order valence-electron chi connectivity index (χ4n) is 2.17. The maximum Gasteiger partial charge on any atom is 0.0579 e. The summed E-state index contributed by atoms with van der Waals surface area (Å²) in [4.78, 5) is 0. The summed E-state index contributed by atoms with van der Waals surface area (Å²) in [6.07, 6.45) is 0. The van der Waals surface area contributed by atoms with Gasteiger partial charge in [-0.3, -0.25) is 0 Å². The topological polar surface area (TPSA) is 38.0 Å². The Morgan fingerprint density at radius 1 is 0.895 bits per heavy atom. The zero-order valence-electron chi connectivity index (χ0n) is 12.2. The van der Waals surface area contributed by atoms with Gasteiger partial charge in [0.05, 0.1) is 11.4 Å². The number of benzene rings is 2. The molecule has 0 amide bonds. The van der Waals surface area contributed by atoms with Gasteiger partial charge in [0.2, 0.25) is 0 Å². The summed E-state index contributed by atoms with van der Waals surface area (Å²) >= 11 is 0. The highest BCUT2D eigenvalue weighted by atomic mass is 14.9. The highest BCUT2D eigenvalue weighted by molar-refractivity contribution is 5.68. The molecule has 0 radical (unpaired) electrons.